The number of nitrogens with two attached hydrogens (primary N) is 1. The molecule has 1 aromatic rings. The Balaban J connectivity index is 2.05. The summed E-state index contributed by atoms with van der Waals surface area (Å²) in [6.45, 7) is 0.119. The average molecular weight is 283 g/mol. The SMILES string of the molecule is Nc1cc(C(=O)NC2CCCCC2CO)ccc1Cl. The number of hydrogen-bond acceptors (Lipinski definition) is 3. The normalized spacial score (nSPS) is 23.1. The third kappa shape index (κ3) is 3.39. The van der Waals surface area contributed by atoms with E-state index < -0.39 is 0 Å². The summed E-state index contributed by atoms with van der Waals surface area (Å²) in [6, 6.07) is 4.90. The number of halogens is 1. The van der Waals surface area contributed by atoms with E-state index in [4.69, 9.17) is 17.3 Å². The van der Waals surface area contributed by atoms with Crippen LogP contribution >= 0.6 is 11.6 Å². The number of carbonyl (C=O) groups is 1. The molecule has 4 N–H and O–H groups in total. The van der Waals surface area contributed by atoms with Crippen molar-refractivity contribution >= 4 is 23.2 Å². The Morgan fingerprint density at radius 1 is 1.42 bits per heavy atom. The lowest BCUT2D eigenvalue weighted by Crippen LogP contribution is -2.43. The number of amides is 1. The van der Waals surface area contributed by atoms with Gasteiger partial charge in [-0.15, -0.1) is 0 Å². The maximum atomic E-state index is 12.1. The fourth-order valence-corrected chi connectivity index (χ4v) is 2.67. The van der Waals surface area contributed by atoms with Crippen LogP contribution < -0.4 is 11.1 Å². The molecule has 2 rings (SSSR count). The molecule has 1 aliphatic rings. The van der Waals surface area contributed by atoms with Crippen LogP contribution in [0.1, 0.15) is 36.0 Å². The second-order valence-electron chi connectivity index (χ2n) is 5.04. The maximum absolute atomic E-state index is 12.1. The smallest absolute Gasteiger partial charge is 0.251 e. The van der Waals surface area contributed by atoms with Crippen molar-refractivity contribution < 1.29 is 9.90 Å². The molecule has 19 heavy (non-hydrogen) atoms. The van der Waals surface area contributed by atoms with Gasteiger partial charge >= 0.3 is 0 Å². The summed E-state index contributed by atoms with van der Waals surface area (Å²) in [5, 5.41) is 12.8. The van der Waals surface area contributed by atoms with Gasteiger partial charge in [-0.05, 0) is 31.0 Å². The number of aliphatic hydroxyl groups excluding tert-OH is 1. The minimum Gasteiger partial charge on any atom is -0.398 e. The summed E-state index contributed by atoms with van der Waals surface area (Å²) >= 11 is 5.83. The van der Waals surface area contributed by atoms with Crippen LogP contribution in [0.15, 0.2) is 18.2 Å². The Kier molecular flexibility index (Phi) is 4.66. The number of benzene rings is 1. The third-order valence-electron chi connectivity index (χ3n) is 3.72. The highest BCUT2D eigenvalue weighted by Crippen LogP contribution is 2.25. The topological polar surface area (TPSA) is 75.4 Å². The van der Waals surface area contributed by atoms with Crippen molar-refractivity contribution in [3.05, 3.63) is 28.8 Å². The Labute approximate surface area is 117 Å². The largest absolute Gasteiger partial charge is 0.398 e. The van der Waals surface area contributed by atoms with Gasteiger partial charge in [-0.25, -0.2) is 0 Å². The summed E-state index contributed by atoms with van der Waals surface area (Å²) in [4.78, 5) is 12.1. The van der Waals surface area contributed by atoms with Crippen LogP contribution in [0, 0.1) is 5.92 Å². The van der Waals surface area contributed by atoms with Crippen LogP contribution in [0.25, 0.3) is 0 Å². The van der Waals surface area contributed by atoms with Gasteiger partial charge in [0, 0.05) is 24.1 Å². The van der Waals surface area contributed by atoms with E-state index in [0.717, 1.165) is 25.7 Å². The second kappa shape index (κ2) is 6.26. The molecule has 0 radical (unpaired) electrons. The highest BCUT2D eigenvalue weighted by atomic mass is 35.5. The third-order valence-corrected chi connectivity index (χ3v) is 4.06. The molecule has 4 nitrogen and oxygen atoms in total. The molecule has 0 bridgehead atoms. The molecule has 0 heterocycles. The fraction of sp³-hybridized carbons (Fsp3) is 0.500. The van der Waals surface area contributed by atoms with E-state index in [1.165, 1.54) is 0 Å². The van der Waals surface area contributed by atoms with Crippen LogP contribution in [-0.2, 0) is 0 Å². The lowest BCUT2D eigenvalue weighted by molar-refractivity contribution is 0.0872. The number of hydrogen-bond donors (Lipinski definition) is 3. The van der Waals surface area contributed by atoms with Gasteiger partial charge in [-0.1, -0.05) is 24.4 Å². The van der Waals surface area contributed by atoms with Crippen molar-refractivity contribution in [1.82, 2.24) is 5.32 Å². The quantitative estimate of drug-likeness (QED) is 0.744. The molecule has 2 unspecified atom stereocenters. The van der Waals surface area contributed by atoms with Crippen LogP contribution in [0.4, 0.5) is 5.69 Å². The van der Waals surface area contributed by atoms with E-state index in [1.54, 1.807) is 18.2 Å². The van der Waals surface area contributed by atoms with Crippen LogP contribution in [0.2, 0.25) is 5.02 Å². The number of nitrogens with one attached hydrogen (secondary N) is 1. The summed E-state index contributed by atoms with van der Waals surface area (Å²) in [5.74, 6) is -0.00364. The molecule has 1 amide bonds. The lowest BCUT2D eigenvalue weighted by atomic mass is 9.85. The Hall–Kier alpha value is -1.26. The first-order valence-corrected chi connectivity index (χ1v) is 6.96. The first kappa shape index (κ1) is 14.2. The van der Waals surface area contributed by atoms with Gasteiger partial charge in [-0.3, -0.25) is 4.79 Å². The van der Waals surface area contributed by atoms with Gasteiger partial charge in [0.25, 0.3) is 5.91 Å². The predicted octanol–water partition coefficient (Wildman–Crippen LogP) is 2.20. The summed E-state index contributed by atoms with van der Waals surface area (Å²) in [6.07, 6.45) is 4.08. The summed E-state index contributed by atoms with van der Waals surface area (Å²) in [7, 11) is 0. The number of aliphatic hydroxyl groups is 1. The highest BCUT2D eigenvalue weighted by Gasteiger charge is 2.26. The molecule has 1 aliphatic carbocycles. The van der Waals surface area contributed by atoms with Gasteiger partial charge in [0.2, 0.25) is 0 Å². The first-order valence-electron chi connectivity index (χ1n) is 6.58. The minimum absolute atomic E-state index is 0.0446. The molecule has 1 aromatic carbocycles. The molecule has 1 saturated carbocycles. The number of nitrogen functional groups attached to an aromatic ring is 1. The molecule has 0 spiro atoms. The number of carbonyl (C=O) groups excluding carboxylic acids is 1. The van der Waals surface area contributed by atoms with Crippen molar-refractivity contribution in [2.24, 2.45) is 5.92 Å². The first-order chi connectivity index (χ1) is 9.11. The standard InChI is InChI=1S/C14H19ClN2O2/c15-11-6-5-9(7-12(11)16)14(19)17-13-4-2-1-3-10(13)8-18/h5-7,10,13,18H,1-4,8,16H2,(H,17,19). The molecular weight excluding hydrogens is 264 g/mol. The van der Waals surface area contributed by atoms with Crippen LogP contribution in [-0.4, -0.2) is 23.7 Å². The van der Waals surface area contributed by atoms with Crippen molar-refractivity contribution in [2.75, 3.05) is 12.3 Å². The monoisotopic (exact) mass is 282 g/mol. The maximum Gasteiger partial charge on any atom is 0.251 e. The van der Waals surface area contributed by atoms with Crippen molar-refractivity contribution in [3.8, 4) is 0 Å². The average Bonchev–Trinajstić information content (AvgIpc) is 2.42. The van der Waals surface area contributed by atoms with Crippen molar-refractivity contribution in [1.29, 1.82) is 0 Å². The minimum atomic E-state index is -0.159. The van der Waals surface area contributed by atoms with E-state index in [1.807, 2.05) is 0 Å². The second-order valence-corrected chi connectivity index (χ2v) is 5.45. The molecular formula is C14H19ClN2O2. The summed E-state index contributed by atoms with van der Waals surface area (Å²) in [5.41, 5.74) is 6.60. The lowest BCUT2D eigenvalue weighted by Gasteiger charge is -2.30. The predicted molar refractivity (Wildman–Crippen MR) is 76.2 cm³/mol. The van der Waals surface area contributed by atoms with E-state index >= 15 is 0 Å². The van der Waals surface area contributed by atoms with E-state index in [9.17, 15) is 9.90 Å². The molecule has 0 aromatic heterocycles. The van der Waals surface area contributed by atoms with Crippen molar-refractivity contribution in [3.63, 3.8) is 0 Å². The van der Waals surface area contributed by atoms with Gasteiger partial charge in [-0.2, -0.15) is 0 Å². The van der Waals surface area contributed by atoms with Crippen LogP contribution in [0.5, 0.6) is 0 Å². The van der Waals surface area contributed by atoms with Crippen LogP contribution in [0.3, 0.4) is 0 Å². The van der Waals surface area contributed by atoms with E-state index in [-0.39, 0.29) is 24.5 Å². The van der Waals surface area contributed by atoms with E-state index in [0.29, 0.717) is 16.3 Å². The Bertz CT molecular complexity index is 465. The molecule has 2 atom stereocenters. The van der Waals surface area contributed by atoms with Gasteiger partial charge in [0.15, 0.2) is 0 Å². The molecule has 0 aliphatic heterocycles. The summed E-state index contributed by atoms with van der Waals surface area (Å²) < 4.78 is 0. The zero-order valence-corrected chi connectivity index (χ0v) is 11.5. The Morgan fingerprint density at radius 3 is 2.84 bits per heavy atom. The molecule has 5 heteroatoms. The highest BCUT2D eigenvalue weighted by molar-refractivity contribution is 6.33. The number of rotatable bonds is 3. The van der Waals surface area contributed by atoms with Crippen molar-refractivity contribution in [2.45, 2.75) is 31.7 Å². The zero-order chi connectivity index (χ0) is 13.8. The number of anilines is 1. The fourth-order valence-electron chi connectivity index (χ4n) is 2.55. The molecule has 104 valence electrons. The van der Waals surface area contributed by atoms with E-state index in [2.05, 4.69) is 5.32 Å². The Morgan fingerprint density at radius 2 is 2.16 bits per heavy atom. The van der Waals surface area contributed by atoms with Gasteiger partial charge < -0.3 is 16.2 Å². The van der Waals surface area contributed by atoms with Gasteiger partial charge in [0.1, 0.15) is 0 Å². The zero-order valence-electron chi connectivity index (χ0n) is 10.7. The van der Waals surface area contributed by atoms with Gasteiger partial charge in [0.05, 0.1) is 10.7 Å². The molecule has 1 fully saturated rings. The molecule has 0 saturated heterocycles.